The number of hydrogen-bond donors (Lipinski definition) is 1. The molecule has 0 saturated heterocycles. The lowest BCUT2D eigenvalue weighted by Crippen LogP contribution is -2.33. The summed E-state index contributed by atoms with van der Waals surface area (Å²) in [6, 6.07) is 8.86. The van der Waals surface area contributed by atoms with Gasteiger partial charge in [-0.15, -0.1) is 13.2 Å². The SMILES string of the molecule is C=CCN(CC=C)C(=O)c1cc2ccccc2c(=O)[nH]1. The number of pyridine rings is 1. The Morgan fingerprint density at radius 1 is 1.20 bits per heavy atom. The highest BCUT2D eigenvalue weighted by Gasteiger charge is 2.15. The minimum absolute atomic E-state index is 0.243. The Bertz CT molecular complexity index is 706. The molecule has 1 amide bonds. The first kappa shape index (κ1) is 13.8. The van der Waals surface area contributed by atoms with E-state index in [4.69, 9.17) is 0 Å². The van der Waals surface area contributed by atoms with Crippen molar-refractivity contribution in [2.24, 2.45) is 0 Å². The van der Waals surface area contributed by atoms with Crippen molar-refractivity contribution < 1.29 is 4.79 Å². The molecule has 4 heteroatoms. The van der Waals surface area contributed by atoms with Crippen LogP contribution in [0.1, 0.15) is 10.5 Å². The average Bonchev–Trinajstić information content (AvgIpc) is 2.46. The van der Waals surface area contributed by atoms with Gasteiger partial charge in [-0.3, -0.25) is 9.59 Å². The molecule has 1 N–H and O–H groups in total. The third-order valence-corrected chi connectivity index (χ3v) is 2.97. The van der Waals surface area contributed by atoms with Gasteiger partial charge in [0.15, 0.2) is 0 Å². The van der Waals surface area contributed by atoms with Crippen LogP contribution in [0.5, 0.6) is 0 Å². The highest BCUT2D eigenvalue weighted by Crippen LogP contribution is 2.11. The normalized spacial score (nSPS) is 10.2. The van der Waals surface area contributed by atoms with E-state index in [1.165, 1.54) is 0 Å². The largest absolute Gasteiger partial charge is 0.330 e. The van der Waals surface area contributed by atoms with Gasteiger partial charge in [0.1, 0.15) is 5.69 Å². The Balaban J connectivity index is 2.46. The van der Waals surface area contributed by atoms with Crippen molar-refractivity contribution >= 4 is 16.7 Å². The average molecular weight is 268 g/mol. The molecule has 0 spiro atoms. The molecular weight excluding hydrogens is 252 g/mol. The molecule has 20 heavy (non-hydrogen) atoms. The molecule has 0 aliphatic rings. The van der Waals surface area contributed by atoms with Crippen LogP contribution in [0.2, 0.25) is 0 Å². The van der Waals surface area contributed by atoms with E-state index in [0.29, 0.717) is 18.5 Å². The summed E-state index contributed by atoms with van der Waals surface area (Å²) in [5.74, 6) is -0.243. The summed E-state index contributed by atoms with van der Waals surface area (Å²) < 4.78 is 0. The summed E-state index contributed by atoms with van der Waals surface area (Å²) in [4.78, 5) is 28.5. The predicted molar refractivity (Wildman–Crippen MR) is 80.9 cm³/mol. The minimum atomic E-state index is -0.261. The first-order valence-corrected chi connectivity index (χ1v) is 6.30. The van der Waals surface area contributed by atoms with Crippen molar-refractivity contribution in [1.82, 2.24) is 9.88 Å². The Hall–Kier alpha value is -2.62. The quantitative estimate of drug-likeness (QED) is 0.846. The molecule has 0 aliphatic heterocycles. The zero-order chi connectivity index (χ0) is 14.5. The molecule has 0 atom stereocenters. The van der Waals surface area contributed by atoms with E-state index in [0.717, 1.165) is 5.39 Å². The maximum Gasteiger partial charge on any atom is 0.270 e. The molecule has 0 unspecified atom stereocenters. The molecule has 0 bridgehead atoms. The molecule has 0 radical (unpaired) electrons. The van der Waals surface area contributed by atoms with E-state index in [1.807, 2.05) is 12.1 Å². The van der Waals surface area contributed by atoms with Crippen LogP contribution in [0.15, 0.2) is 60.4 Å². The molecule has 1 heterocycles. The highest BCUT2D eigenvalue weighted by molar-refractivity contribution is 5.96. The van der Waals surface area contributed by atoms with Gasteiger partial charge < -0.3 is 9.88 Å². The second kappa shape index (κ2) is 6.02. The molecule has 102 valence electrons. The van der Waals surface area contributed by atoms with Crippen LogP contribution in [-0.4, -0.2) is 28.9 Å². The summed E-state index contributed by atoms with van der Waals surface area (Å²) in [6.07, 6.45) is 3.28. The summed E-state index contributed by atoms with van der Waals surface area (Å²) >= 11 is 0. The molecule has 2 rings (SSSR count). The van der Waals surface area contributed by atoms with E-state index in [1.54, 1.807) is 35.3 Å². The van der Waals surface area contributed by atoms with Crippen molar-refractivity contribution in [2.45, 2.75) is 0 Å². The van der Waals surface area contributed by atoms with Crippen LogP contribution in [0.3, 0.4) is 0 Å². The second-order valence-electron chi connectivity index (χ2n) is 4.39. The fourth-order valence-electron chi connectivity index (χ4n) is 2.05. The Morgan fingerprint density at radius 2 is 1.85 bits per heavy atom. The number of amides is 1. The van der Waals surface area contributed by atoms with Crippen LogP contribution < -0.4 is 5.56 Å². The number of carbonyl (C=O) groups excluding carboxylic acids is 1. The number of aromatic amines is 1. The monoisotopic (exact) mass is 268 g/mol. The number of aromatic nitrogens is 1. The van der Waals surface area contributed by atoms with Gasteiger partial charge in [-0.1, -0.05) is 30.4 Å². The first-order valence-electron chi connectivity index (χ1n) is 6.30. The predicted octanol–water partition coefficient (Wildman–Crippen LogP) is 2.34. The maximum absolute atomic E-state index is 12.4. The molecule has 1 aromatic heterocycles. The molecule has 0 aliphatic carbocycles. The first-order chi connectivity index (χ1) is 9.67. The maximum atomic E-state index is 12.4. The Labute approximate surface area is 117 Å². The number of hydrogen-bond acceptors (Lipinski definition) is 2. The second-order valence-corrected chi connectivity index (χ2v) is 4.39. The molecule has 0 saturated carbocycles. The number of rotatable bonds is 5. The molecule has 2 aromatic rings. The summed E-state index contributed by atoms with van der Waals surface area (Å²) in [5.41, 5.74) is 0.0148. The van der Waals surface area contributed by atoms with Crippen LogP contribution in [0.25, 0.3) is 10.8 Å². The summed E-state index contributed by atoms with van der Waals surface area (Å²) in [7, 11) is 0. The van der Waals surface area contributed by atoms with Crippen LogP contribution in [0, 0.1) is 0 Å². The van der Waals surface area contributed by atoms with Gasteiger partial charge in [-0.2, -0.15) is 0 Å². The third-order valence-electron chi connectivity index (χ3n) is 2.97. The molecule has 1 aromatic carbocycles. The summed E-state index contributed by atoms with van der Waals surface area (Å²) in [6.45, 7) is 8.06. The standard InChI is InChI=1S/C16H16N2O2/c1-3-9-18(10-4-2)16(20)14-11-12-7-5-6-8-13(12)15(19)17-14/h3-8,11H,1-2,9-10H2,(H,17,19). The van der Waals surface area contributed by atoms with Gasteiger partial charge in [0.25, 0.3) is 11.5 Å². The van der Waals surface area contributed by atoms with E-state index in [2.05, 4.69) is 18.1 Å². The lowest BCUT2D eigenvalue weighted by molar-refractivity contribution is 0.0785. The van der Waals surface area contributed by atoms with Crippen molar-refractivity contribution in [2.75, 3.05) is 13.1 Å². The van der Waals surface area contributed by atoms with Crippen LogP contribution >= 0.6 is 0 Å². The fraction of sp³-hybridized carbons (Fsp3) is 0.125. The lowest BCUT2D eigenvalue weighted by Gasteiger charge is -2.19. The van der Waals surface area contributed by atoms with Gasteiger partial charge in [-0.25, -0.2) is 0 Å². The number of carbonyl (C=O) groups is 1. The van der Waals surface area contributed by atoms with E-state index >= 15 is 0 Å². The fourth-order valence-corrected chi connectivity index (χ4v) is 2.05. The number of nitrogens with one attached hydrogen (secondary N) is 1. The van der Waals surface area contributed by atoms with Gasteiger partial charge in [0.05, 0.1) is 0 Å². The topological polar surface area (TPSA) is 53.2 Å². The minimum Gasteiger partial charge on any atom is -0.330 e. The zero-order valence-electron chi connectivity index (χ0n) is 11.1. The lowest BCUT2D eigenvalue weighted by atomic mass is 10.1. The summed E-state index contributed by atoms with van der Waals surface area (Å²) in [5, 5.41) is 1.32. The zero-order valence-corrected chi connectivity index (χ0v) is 11.1. The number of fused-ring (bicyclic) bond motifs is 1. The van der Waals surface area contributed by atoms with Crippen molar-refractivity contribution in [3.63, 3.8) is 0 Å². The van der Waals surface area contributed by atoms with Gasteiger partial charge in [0, 0.05) is 18.5 Å². The third kappa shape index (κ3) is 2.69. The Kier molecular flexibility index (Phi) is 4.15. The van der Waals surface area contributed by atoms with Crippen molar-refractivity contribution in [1.29, 1.82) is 0 Å². The smallest absolute Gasteiger partial charge is 0.270 e. The van der Waals surface area contributed by atoms with E-state index in [9.17, 15) is 9.59 Å². The van der Waals surface area contributed by atoms with E-state index in [-0.39, 0.29) is 17.2 Å². The number of benzene rings is 1. The van der Waals surface area contributed by atoms with Crippen molar-refractivity contribution in [3.05, 3.63) is 71.7 Å². The Morgan fingerprint density at radius 3 is 2.50 bits per heavy atom. The number of nitrogens with zero attached hydrogens (tertiary/aromatic N) is 1. The van der Waals surface area contributed by atoms with Gasteiger partial charge in [-0.05, 0) is 17.5 Å². The van der Waals surface area contributed by atoms with Crippen LogP contribution in [-0.2, 0) is 0 Å². The van der Waals surface area contributed by atoms with Crippen molar-refractivity contribution in [3.8, 4) is 0 Å². The number of H-pyrrole nitrogens is 1. The van der Waals surface area contributed by atoms with E-state index < -0.39 is 0 Å². The van der Waals surface area contributed by atoms with Crippen LogP contribution in [0.4, 0.5) is 0 Å². The molecule has 0 fully saturated rings. The molecule has 4 nitrogen and oxygen atoms in total. The highest BCUT2D eigenvalue weighted by atomic mass is 16.2. The van der Waals surface area contributed by atoms with Gasteiger partial charge in [0.2, 0.25) is 0 Å². The van der Waals surface area contributed by atoms with Gasteiger partial charge >= 0.3 is 0 Å². The molecular formula is C16H16N2O2.